The third kappa shape index (κ3) is 1.90. The first kappa shape index (κ1) is 9.80. The highest BCUT2D eigenvalue weighted by Gasteiger charge is 2.08. The van der Waals surface area contributed by atoms with E-state index < -0.39 is 0 Å². The maximum atomic E-state index is 11.0. The summed E-state index contributed by atoms with van der Waals surface area (Å²) in [6.07, 6.45) is 0. The van der Waals surface area contributed by atoms with E-state index in [0.717, 1.165) is 0 Å². The van der Waals surface area contributed by atoms with Crippen molar-refractivity contribution in [3.63, 3.8) is 0 Å². The van der Waals surface area contributed by atoms with Crippen LogP contribution in [0.1, 0.15) is 17.3 Å². The van der Waals surface area contributed by atoms with Crippen molar-refractivity contribution in [1.82, 2.24) is 0 Å². The number of aromatic hydroxyl groups is 1. The molecular formula is C8H6ClIO2. The highest BCUT2D eigenvalue weighted by Crippen LogP contribution is 2.28. The van der Waals surface area contributed by atoms with Crippen LogP contribution < -0.4 is 0 Å². The van der Waals surface area contributed by atoms with Gasteiger partial charge in [0.25, 0.3) is 0 Å². The van der Waals surface area contributed by atoms with Gasteiger partial charge in [-0.2, -0.15) is 0 Å². The normalized spacial score (nSPS) is 9.92. The van der Waals surface area contributed by atoms with Crippen molar-refractivity contribution in [3.8, 4) is 5.75 Å². The molecule has 0 spiro atoms. The summed E-state index contributed by atoms with van der Waals surface area (Å²) in [6.45, 7) is 1.46. The van der Waals surface area contributed by atoms with Crippen LogP contribution in [0.4, 0.5) is 0 Å². The number of ketones is 1. The van der Waals surface area contributed by atoms with E-state index in [9.17, 15) is 4.79 Å². The summed E-state index contributed by atoms with van der Waals surface area (Å²) < 4.78 is 0.710. The molecule has 0 aromatic heterocycles. The minimum Gasteiger partial charge on any atom is -0.506 e. The summed E-state index contributed by atoms with van der Waals surface area (Å²) in [7, 11) is 0. The van der Waals surface area contributed by atoms with Crippen molar-refractivity contribution in [1.29, 1.82) is 0 Å². The molecule has 0 aliphatic heterocycles. The van der Waals surface area contributed by atoms with Crippen molar-refractivity contribution in [3.05, 3.63) is 26.3 Å². The Kier molecular flexibility index (Phi) is 2.95. The number of Topliss-reactive ketones (excluding diaryl/α,β-unsaturated/α-hetero) is 1. The lowest BCUT2D eigenvalue weighted by Crippen LogP contribution is -1.95. The summed E-state index contributed by atoms with van der Waals surface area (Å²) in [5.74, 6) is -0.0487. The Hall–Kier alpha value is -0.290. The Labute approximate surface area is 88.7 Å². The lowest BCUT2D eigenvalue weighted by atomic mass is 10.1. The molecule has 2 nitrogen and oxygen atoms in total. The Balaban J connectivity index is 3.33. The van der Waals surface area contributed by atoms with E-state index in [2.05, 4.69) is 0 Å². The molecule has 0 amide bonds. The average molecular weight is 296 g/mol. The van der Waals surface area contributed by atoms with Crippen LogP contribution in [0, 0.1) is 3.57 Å². The number of hydrogen-bond acceptors (Lipinski definition) is 2. The summed E-state index contributed by atoms with van der Waals surface area (Å²) >= 11 is 7.60. The van der Waals surface area contributed by atoms with Gasteiger partial charge in [0.05, 0.1) is 5.02 Å². The zero-order valence-corrected chi connectivity index (χ0v) is 9.18. The van der Waals surface area contributed by atoms with Crippen molar-refractivity contribution in [2.45, 2.75) is 6.92 Å². The van der Waals surface area contributed by atoms with Crippen molar-refractivity contribution >= 4 is 40.0 Å². The summed E-state index contributed by atoms with van der Waals surface area (Å²) in [5, 5.41) is 9.37. The van der Waals surface area contributed by atoms with E-state index >= 15 is 0 Å². The van der Waals surface area contributed by atoms with E-state index in [1.165, 1.54) is 19.1 Å². The lowest BCUT2D eigenvalue weighted by Gasteiger charge is -2.02. The largest absolute Gasteiger partial charge is 0.506 e. The van der Waals surface area contributed by atoms with Crippen LogP contribution in [-0.2, 0) is 0 Å². The molecule has 1 rings (SSSR count). The SMILES string of the molecule is CC(=O)c1cc(Cl)c(O)cc1I. The molecule has 0 atom stereocenters. The maximum Gasteiger partial charge on any atom is 0.160 e. The molecule has 4 heteroatoms. The second-order valence-electron chi connectivity index (χ2n) is 2.34. The number of phenolic OH excluding ortho intramolecular Hbond substituents is 1. The number of phenols is 1. The number of rotatable bonds is 1. The van der Waals surface area contributed by atoms with Gasteiger partial charge < -0.3 is 5.11 Å². The number of hydrogen-bond donors (Lipinski definition) is 1. The van der Waals surface area contributed by atoms with Crippen LogP contribution in [-0.4, -0.2) is 10.9 Å². The predicted molar refractivity (Wildman–Crippen MR) is 55.8 cm³/mol. The second kappa shape index (κ2) is 3.62. The van der Waals surface area contributed by atoms with E-state index in [-0.39, 0.29) is 16.6 Å². The van der Waals surface area contributed by atoms with Crippen LogP contribution in [0.5, 0.6) is 5.75 Å². The number of carbonyl (C=O) groups is 1. The number of carbonyl (C=O) groups excluding carboxylic acids is 1. The Morgan fingerprint density at radius 3 is 2.67 bits per heavy atom. The molecule has 0 bridgehead atoms. The smallest absolute Gasteiger partial charge is 0.160 e. The van der Waals surface area contributed by atoms with Gasteiger partial charge >= 0.3 is 0 Å². The van der Waals surface area contributed by atoms with Gasteiger partial charge in [0.1, 0.15) is 5.75 Å². The highest BCUT2D eigenvalue weighted by atomic mass is 127. The Bertz CT molecular complexity index is 336. The first-order valence-electron chi connectivity index (χ1n) is 3.21. The summed E-state index contributed by atoms with van der Waals surface area (Å²) in [5.41, 5.74) is 0.540. The van der Waals surface area contributed by atoms with Gasteiger partial charge in [0, 0.05) is 9.13 Å². The van der Waals surface area contributed by atoms with Gasteiger partial charge in [-0.15, -0.1) is 0 Å². The van der Waals surface area contributed by atoms with Crippen LogP contribution in [0.3, 0.4) is 0 Å². The topological polar surface area (TPSA) is 37.3 Å². The Morgan fingerprint density at radius 1 is 1.58 bits per heavy atom. The van der Waals surface area contributed by atoms with Crippen LogP contribution >= 0.6 is 34.2 Å². The van der Waals surface area contributed by atoms with Gasteiger partial charge in [-0.05, 0) is 41.6 Å². The molecule has 0 fully saturated rings. The average Bonchev–Trinajstić information content (AvgIpc) is 1.96. The quantitative estimate of drug-likeness (QED) is 0.639. The van der Waals surface area contributed by atoms with Crippen LogP contribution in [0.2, 0.25) is 5.02 Å². The minimum absolute atomic E-state index is 0.00562. The Morgan fingerprint density at radius 2 is 2.17 bits per heavy atom. The fourth-order valence-corrected chi connectivity index (χ4v) is 1.80. The van der Waals surface area contributed by atoms with Crippen LogP contribution in [0.25, 0.3) is 0 Å². The molecule has 1 aromatic rings. The van der Waals surface area contributed by atoms with E-state index in [1.54, 1.807) is 0 Å². The molecule has 0 aliphatic rings. The van der Waals surface area contributed by atoms with Crippen LogP contribution in [0.15, 0.2) is 12.1 Å². The molecule has 0 saturated carbocycles. The molecule has 12 heavy (non-hydrogen) atoms. The molecule has 64 valence electrons. The number of benzene rings is 1. The zero-order valence-electron chi connectivity index (χ0n) is 6.27. The third-order valence-electron chi connectivity index (χ3n) is 1.42. The first-order valence-corrected chi connectivity index (χ1v) is 4.67. The molecule has 0 aliphatic carbocycles. The first-order chi connectivity index (χ1) is 5.52. The van der Waals surface area contributed by atoms with Gasteiger partial charge in [-0.3, -0.25) is 4.79 Å². The maximum absolute atomic E-state index is 11.0. The molecule has 1 N–H and O–H groups in total. The minimum atomic E-state index is -0.0544. The second-order valence-corrected chi connectivity index (χ2v) is 3.91. The molecule has 0 heterocycles. The molecule has 0 saturated heterocycles. The van der Waals surface area contributed by atoms with Gasteiger partial charge in [-0.1, -0.05) is 11.6 Å². The number of halogens is 2. The highest BCUT2D eigenvalue weighted by molar-refractivity contribution is 14.1. The van der Waals surface area contributed by atoms with Gasteiger partial charge in [0.15, 0.2) is 5.78 Å². The zero-order chi connectivity index (χ0) is 9.30. The summed E-state index contributed by atoms with van der Waals surface area (Å²) in [6, 6.07) is 2.95. The summed E-state index contributed by atoms with van der Waals surface area (Å²) in [4.78, 5) is 11.0. The lowest BCUT2D eigenvalue weighted by molar-refractivity contribution is 0.101. The van der Waals surface area contributed by atoms with Crippen molar-refractivity contribution < 1.29 is 9.90 Å². The molecular weight excluding hydrogens is 290 g/mol. The van der Waals surface area contributed by atoms with Crippen molar-refractivity contribution in [2.24, 2.45) is 0 Å². The predicted octanol–water partition coefficient (Wildman–Crippen LogP) is 2.85. The third-order valence-corrected chi connectivity index (χ3v) is 2.61. The molecule has 0 unspecified atom stereocenters. The standard InChI is InChI=1S/C8H6ClIO2/c1-4(11)5-2-6(9)8(12)3-7(5)10/h2-3,12H,1H3. The molecule has 1 aromatic carbocycles. The monoisotopic (exact) mass is 296 g/mol. The van der Waals surface area contributed by atoms with Gasteiger partial charge in [-0.25, -0.2) is 0 Å². The van der Waals surface area contributed by atoms with Crippen molar-refractivity contribution in [2.75, 3.05) is 0 Å². The fourth-order valence-electron chi connectivity index (χ4n) is 0.806. The van der Waals surface area contributed by atoms with E-state index in [0.29, 0.717) is 9.13 Å². The fraction of sp³-hybridized carbons (Fsp3) is 0.125. The van der Waals surface area contributed by atoms with E-state index in [4.69, 9.17) is 16.7 Å². The van der Waals surface area contributed by atoms with Gasteiger partial charge in [0.2, 0.25) is 0 Å². The van der Waals surface area contributed by atoms with E-state index in [1.807, 2.05) is 22.6 Å². The molecule has 0 radical (unpaired) electrons.